The van der Waals surface area contributed by atoms with Crippen LogP contribution in [-0.2, 0) is 0 Å². The Morgan fingerprint density at radius 3 is 2.53 bits per heavy atom. The van der Waals surface area contributed by atoms with Gasteiger partial charge in [-0.3, -0.25) is 0 Å². The van der Waals surface area contributed by atoms with E-state index in [0.29, 0.717) is 0 Å². The van der Waals surface area contributed by atoms with Gasteiger partial charge in [0.05, 0.1) is 0 Å². The van der Waals surface area contributed by atoms with E-state index in [9.17, 15) is 0 Å². The molecule has 0 unspecified atom stereocenters. The highest BCUT2D eigenvalue weighted by atomic mass is 35.5. The number of hydrogen-bond donors (Lipinski definition) is 1. The van der Waals surface area contributed by atoms with E-state index in [4.69, 9.17) is 17.3 Å². The average Bonchev–Trinajstić information content (AvgIpc) is 2.22. The Bertz CT molecular complexity index is 492. The molecule has 0 saturated heterocycles. The van der Waals surface area contributed by atoms with Crippen molar-refractivity contribution in [3.63, 3.8) is 0 Å². The number of benzene rings is 2. The van der Waals surface area contributed by atoms with E-state index in [1.807, 2.05) is 43.3 Å². The predicted molar refractivity (Wildman–Crippen MR) is 66.0 cm³/mol. The van der Waals surface area contributed by atoms with Crippen molar-refractivity contribution in [2.45, 2.75) is 6.92 Å². The number of hydrogen-bond acceptors (Lipinski definition) is 1. The fourth-order valence-electron chi connectivity index (χ4n) is 1.62. The summed E-state index contributed by atoms with van der Waals surface area (Å²) in [5.41, 5.74) is 10.0. The van der Waals surface area contributed by atoms with Crippen LogP contribution >= 0.6 is 11.6 Å². The Morgan fingerprint density at radius 1 is 1.07 bits per heavy atom. The van der Waals surface area contributed by atoms with Crippen molar-refractivity contribution < 1.29 is 0 Å². The van der Waals surface area contributed by atoms with Gasteiger partial charge in [-0.25, -0.2) is 0 Å². The predicted octanol–water partition coefficient (Wildman–Crippen LogP) is 3.90. The lowest BCUT2D eigenvalue weighted by molar-refractivity contribution is 1.46. The van der Waals surface area contributed by atoms with E-state index in [1.54, 1.807) is 0 Å². The third kappa shape index (κ3) is 1.97. The van der Waals surface area contributed by atoms with Crippen molar-refractivity contribution in [1.82, 2.24) is 0 Å². The molecule has 0 aliphatic rings. The van der Waals surface area contributed by atoms with Gasteiger partial charge in [-0.1, -0.05) is 35.9 Å². The number of halogens is 1. The van der Waals surface area contributed by atoms with Gasteiger partial charge in [-0.05, 0) is 41.8 Å². The molecule has 2 aromatic rings. The fourth-order valence-corrected chi connectivity index (χ4v) is 1.81. The zero-order chi connectivity index (χ0) is 10.8. The smallest absolute Gasteiger partial charge is 0.0412 e. The molecule has 0 fully saturated rings. The van der Waals surface area contributed by atoms with E-state index >= 15 is 0 Å². The summed E-state index contributed by atoms with van der Waals surface area (Å²) < 4.78 is 0. The maximum atomic E-state index is 5.96. The zero-order valence-corrected chi connectivity index (χ0v) is 9.25. The third-order valence-corrected chi connectivity index (χ3v) is 2.75. The molecule has 76 valence electrons. The molecular weight excluding hydrogens is 206 g/mol. The normalized spacial score (nSPS) is 10.3. The maximum Gasteiger partial charge on any atom is 0.0412 e. The summed E-state index contributed by atoms with van der Waals surface area (Å²) in [6, 6.07) is 13.7. The van der Waals surface area contributed by atoms with Crippen molar-refractivity contribution in [2.75, 3.05) is 5.73 Å². The van der Waals surface area contributed by atoms with Crippen LogP contribution < -0.4 is 5.73 Å². The van der Waals surface area contributed by atoms with E-state index in [1.165, 1.54) is 0 Å². The van der Waals surface area contributed by atoms with Gasteiger partial charge in [0, 0.05) is 10.7 Å². The standard InChI is InChI=1S/C13H12ClN/c1-9-12(6-3-7-13(9)15)10-4-2-5-11(14)8-10/h2-8H,15H2,1H3. The summed E-state index contributed by atoms with van der Waals surface area (Å²) in [5.74, 6) is 0. The topological polar surface area (TPSA) is 26.0 Å². The van der Waals surface area contributed by atoms with Crippen LogP contribution in [0.2, 0.25) is 5.02 Å². The van der Waals surface area contributed by atoms with Gasteiger partial charge in [0.25, 0.3) is 0 Å². The van der Waals surface area contributed by atoms with Gasteiger partial charge < -0.3 is 5.73 Å². The first kappa shape index (κ1) is 10.1. The Balaban J connectivity index is 2.59. The molecule has 1 nitrogen and oxygen atoms in total. The summed E-state index contributed by atoms with van der Waals surface area (Å²) in [6.45, 7) is 2.02. The van der Waals surface area contributed by atoms with Crippen molar-refractivity contribution in [1.29, 1.82) is 0 Å². The molecule has 0 saturated carbocycles. The number of anilines is 1. The van der Waals surface area contributed by atoms with E-state index in [-0.39, 0.29) is 0 Å². The minimum Gasteiger partial charge on any atom is -0.398 e. The summed E-state index contributed by atoms with van der Waals surface area (Å²) in [5, 5.41) is 0.745. The maximum absolute atomic E-state index is 5.96. The molecule has 0 spiro atoms. The summed E-state index contributed by atoms with van der Waals surface area (Å²) in [4.78, 5) is 0. The van der Waals surface area contributed by atoms with Gasteiger partial charge in [-0.2, -0.15) is 0 Å². The van der Waals surface area contributed by atoms with Crippen LogP contribution in [0.15, 0.2) is 42.5 Å². The lowest BCUT2D eigenvalue weighted by Crippen LogP contribution is -1.91. The lowest BCUT2D eigenvalue weighted by atomic mass is 9.99. The second-order valence-electron chi connectivity index (χ2n) is 3.53. The first-order valence-electron chi connectivity index (χ1n) is 4.79. The SMILES string of the molecule is Cc1c(N)cccc1-c1cccc(Cl)c1. The van der Waals surface area contributed by atoms with Crippen LogP contribution in [0, 0.1) is 6.92 Å². The molecule has 0 heterocycles. The molecule has 0 amide bonds. The quantitative estimate of drug-likeness (QED) is 0.721. The molecule has 0 atom stereocenters. The molecule has 0 aliphatic carbocycles. The minimum atomic E-state index is 0.745. The molecule has 0 aliphatic heterocycles. The van der Waals surface area contributed by atoms with Crippen LogP contribution in [0.5, 0.6) is 0 Å². The molecular formula is C13H12ClN. The van der Waals surface area contributed by atoms with Gasteiger partial charge in [0.1, 0.15) is 0 Å². The van der Waals surface area contributed by atoms with Gasteiger partial charge in [0.15, 0.2) is 0 Å². The fraction of sp³-hybridized carbons (Fsp3) is 0.0769. The summed E-state index contributed by atoms with van der Waals surface area (Å²) in [6.07, 6.45) is 0. The van der Waals surface area contributed by atoms with E-state index < -0.39 is 0 Å². The van der Waals surface area contributed by atoms with Crippen LogP contribution in [0.3, 0.4) is 0 Å². The molecule has 2 N–H and O–H groups in total. The highest BCUT2D eigenvalue weighted by Crippen LogP contribution is 2.28. The Labute approximate surface area is 94.5 Å². The van der Waals surface area contributed by atoms with Gasteiger partial charge in [-0.15, -0.1) is 0 Å². The van der Waals surface area contributed by atoms with Gasteiger partial charge in [0.2, 0.25) is 0 Å². The average molecular weight is 218 g/mol. The van der Waals surface area contributed by atoms with E-state index in [0.717, 1.165) is 27.4 Å². The highest BCUT2D eigenvalue weighted by Gasteiger charge is 2.03. The van der Waals surface area contributed by atoms with Gasteiger partial charge >= 0.3 is 0 Å². The molecule has 2 rings (SSSR count). The lowest BCUT2D eigenvalue weighted by Gasteiger charge is -2.08. The van der Waals surface area contributed by atoms with Crippen molar-refractivity contribution in [2.24, 2.45) is 0 Å². The Morgan fingerprint density at radius 2 is 1.80 bits per heavy atom. The summed E-state index contributed by atoms with van der Waals surface area (Å²) >= 11 is 5.96. The van der Waals surface area contributed by atoms with Crippen molar-refractivity contribution >= 4 is 17.3 Å². The first-order valence-corrected chi connectivity index (χ1v) is 5.17. The zero-order valence-electron chi connectivity index (χ0n) is 8.50. The minimum absolute atomic E-state index is 0.745. The molecule has 2 heteroatoms. The summed E-state index contributed by atoms with van der Waals surface area (Å²) in [7, 11) is 0. The van der Waals surface area contributed by atoms with Crippen LogP contribution in [0.1, 0.15) is 5.56 Å². The molecule has 0 bridgehead atoms. The number of nitrogens with two attached hydrogens (primary N) is 1. The first-order chi connectivity index (χ1) is 7.18. The Kier molecular flexibility index (Phi) is 2.65. The van der Waals surface area contributed by atoms with Crippen LogP contribution in [0.4, 0.5) is 5.69 Å². The molecule has 2 aromatic carbocycles. The van der Waals surface area contributed by atoms with Crippen LogP contribution in [-0.4, -0.2) is 0 Å². The van der Waals surface area contributed by atoms with Crippen molar-refractivity contribution in [3.05, 3.63) is 53.1 Å². The monoisotopic (exact) mass is 217 g/mol. The largest absolute Gasteiger partial charge is 0.398 e. The molecule has 0 radical (unpaired) electrons. The third-order valence-electron chi connectivity index (χ3n) is 2.51. The second kappa shape index (κ2) is 3.95. The van der Waals surface area contributed by atoms with E-state index in [2.05, 4.69) is 6.07 Å². The molecule has 15 heavy (non-hydrogen) atoms. The Hall–Kier alpha value is -1.47. The number of nitrogen functional groups attached to an aromatic ring is 1. The highest BCUT2D eigenvalue weighted by molar-refractivity contribution is 6.30. The number of rotatable bonds is 1. The van der Waals surface area contributed by atoms with Crippen molar-refractivity contribution in [3.8, 4) is 11.1 Å². The second-order valence-corrected chi connectivity index (χ2v) is 3.97. The van der Waals surface area contributed by atoms with Crippen LogP contribution in [0.25, 0.3) is 11.1 Å². The molecule has 0 aromatic heterocycles.